The molecule has 0 aromatic heterocycles. The highest BCUT2D eigenvalue weighted by Crippen LogP contribution is 2.30. The van der Waals surface area contributed by atoms with Gasteiger partial charge in [-0.05, 0) is 38.1 Å². The number of halogens is 3. The minimum absolute atomic E-state index is 0.146. The van der Waals surface area contributed by atoms with Gasteiger partial charge in [0.15, 0.2) is 0 Å². The number of alkyl halides is 3. The van der Waals surface area contributed by atoms with Crippen molar-refractivity contribution in [3.63, 3.8) is 0 Å². The van der Waals surface area contributed by atoms with Gasteiger partial charge in [-0.1, -0.05) is 0 Å². The van der Waals surface area contributed by atoms with Crippen LogP contribution in [0.1, 0.15) is 19.4 Å². The van der Waals surface area contributed by atoms with Crippen LogP contribution >= 0.6 is 0 Å². The Kier molecular flexibility index (Phi) is 4.99. The molecular weight excluding hydrogens is 273 g/mol. The summed E-state index contributed by atoms with van der Waals surface area (Å²) < 4.78 is 42.2. The Morgan fingerprint density at radius 2 is 1.80 bits per heavy atom. The first kappa shape index (κ1) is 16.3. The molecule has 3 N–H and O–H groups in total. The highest BCUT2D eigenvalue weighted by Gasteiger charge is 2.30. The van der Waals surface area contributed by atoms with Crippen LogP contribution < -0.4 is 15.8 Å². The molecule has 0 spiro atoms. The summed E-state index contributed by atoms with van der Waals surface area (Å²) >= 11 is 0. The summed E-state index contributed by atoms with van der Waals surface area (Å²) in [6.45, 7) is 3.51. The highest BCUT2D eigenvalue weighted by atomic mass is 19.4. The predicted octanol–water partition coefficient (Wildman–Crippen LogP) is 1.94. The number of carbonyl (C=O) groups is 1. The number of hydrogen-bond donors (Lipinski definition) is 2. The van der Waals surface area contributed by atoms with Gasteiger partial charge in [0, 0.05) is 0 Å². The van der Waals surface area contributed by atoms with Gasteiger partial charge in [-0.25, -0.2) is 0 Å². The van der Waals surface area contributed by atoms with Crippen LogP contribution in [0, 0.1) is 0 Å². The minimum Gasteiger partial charge on any atom is -0.492 e. The van der Waals surface area contributed by atoms with Crippen LogP contribution in [0.3, 0.4) is 0 Å². The lowest BCUT2D eigenvalue weighted by Crippen LogP contribution is -2.49. The third-order valence-electron chi connectivity index (χ3n) is 2.42. The molecule has 1 rings (SSSR count). The topological polar surface area (TPSA) is 64.4 Å². The normalized spacial score (nSPS) is 12.1. The molecule has 0 aliphatic heterocycles. The first-order chi connectivity index (χ1) is 9.10. The van der Waals surface area contributed by atoms with Gasteiger partial charge in [0.05, 0.1) is 17.6 Å². The van der Waals surface area contributed by atoms with Gasteiger partial charge in [0.25, 0.3) is 0 Å². The van der Waals surface area contributed by atoms with Crippen LogP contribution in [0.4, 0.5) is 13.2 Å². The molecule has 0 fully saturated rings. The maximum Gasteiger partial charge on any atom is 0.416 e. The summed E-state index contributed by atoms with van der Waals surface area (Å²) in [5, 5.41) is 2.56. The van der Waals surface area contributed by atoms with E-state index in [0.717, 1.165) is 12.1 Å². The zero-order valence-electron chi connectivity index (χ0n) is 11.3. The lowest BCUT2D eigenvalue weighted by molar-refractivity contribution is -0.137. The van der Waals surface area contributed by atoms with Crippen molar-refractivity contribution in [3.05, 3.63) is 29.8 Å². The van der Waals surface area contributed by atoms with Gasteiger partial charge in [-0.15, -0.1) is 0 Å². The second-order valence-corrected chi connectivity index (χ2v) is 4.85. The van der Waals surface area contributed by atoms with E-state index in [0.29, 0.717) is 5.75 Å². The van der Waals surface area contributed by atoms with Crippen LogP contribution in [-0.4, -0.2) is 24.6 Å². The summed E-state index contributed by atoms with van der Waals surface area (Å²) in [6, 6.07) is 4.35. The van der Waals surface area contributed by atoms with E-state index < -0.39 is 17.3 Å². The van der Waals surface area contributed by atoms with Gasteiger partial charge < -0.3 is 15.8 Å². The van der Waals surface area contributed by atoms with E-state index in [2.05, 4.69) is 5.32 Å². The largest absolute Gasteiger partial charge is 0.492 e. The van der Waals surface area contributed by atoms with Crippen molar-refractivity contribution in [3.8, 4) is 5.75 Å². The van der Waals surface area contributed by atoms with Crippen molar-refractivity contribution in [2.24, 2.45) is 5.73 Å². The fourth-order valence-corrected chi connectivity index (χ4v) is 1.30. The summed E-state index contributed by atoms with van der Waals surface area (Å²) in [5.41, 5.74) is 3.86. The summed E-state index contributed by atoms with van der Waals surface area (Å²) in [5.74, 6) is -0.0206. The smallest absolute Gasteiger partial charge is 0.416 e. The van der Waals surface area contributed by atoms with E-state index in [9.17, 15) is 18.0 Å². The van der Waals surface area contributed by atoms with E-state index in [-0.39, 0.29) is 19.1 Å². The van der Waals surface area contributed by atoms with E-state index in [1.54, 1.807) is 13.8 Å². The Morgan fingerprint density at radius 1 is 1.25 bits per heavy atom. The monoisotopic (exact) mass is 290 g/mol. The molecule has 7 heteroatoms. The van der Waals surface area contributed by atoms with Crippen molar-refractivity contribution in [1.82, 2.24) is 5.32 Å². The maximum absolute atomic E-state index is 12.3. The molecule has 4 nitrogen and oxygen atoms in total. The average molecular weight is 290 g/mol. The van der Waals surface area contributed by atoms with E-state index in [1.165, 1.54) is 12.1 Å². The Bertz CT molecular complexity index is 450. The molecule has 0 heterocycles. The van der Waals surface area contributed by atoms with Gasteiger partial charge in [-0.3, -0.25) is 4.79 Å². The number of carbonyl (C=O) groups excluding carboxylic acids is 1. The number of nitrogens with two attached hydrogens (primary N) is 1. The molecule has 112 valence electrons. The molecule has 0 saturated carbocycles. The van der Waals surface area contributed by atoms with Crippen LogP contribution in [0.15, 0.2) is 24.3 Å². The number of hydrogen-bond acceptors (Lipinski definition) is 3. The molecule has 1 amide bonds. The molecular formula is C13H17F3N2O2. The number of benzene rings is 1. The molecule has 0 aliphatic carbocycles. The van der Waals surface area contributed by atoms with E-state index >= 15 is 0 Å². The lowest BCUT2D eigenvalue weighted by Gasteiger charge is -2.17. The molecule has 1 aromatic carbocycles. The van der Waals surface area contributed by atoms with E-state index in [4.69, 9.17) is 10.5 Å². The quantitative estimate of drug-likeness (QED) is 0.815. The molecule has 0 aliphatic rings. The molecule has 20 heavy (non-hydrogen) atoms. The Balaban J connectivity index is 2.38. The fourth-order valence-electron chi connectivity index (χ4n) is 1.30. The zero-order valence-corrected chi connectivity index (χ0v) is 11.3. The molecule has 0 bridgehead atoms. The zero-order chi connectivity index (χ0) is 15.4. The standard InChI is InChI=1S/C13H17F3N2O2/c1-12(2,17)11(19)18-7-8-20-10-5-3-9(4-6-10)13(14,15)16/h3-6H,7-8,17H2,1-2H3,(H,18,19). The summed E-state index contributed by atoms with van der Waals surface area (Å²) in [4.78, 5) is 11.4. The Hall–Kier alpha value is -1.76. The van der Waals surface area contributed by atoms with Crippen molar-refractivity contribution in [2.75, 3.05) is 13.2 Å². The third-order valence-corrected chi connectivity index (χ3v) is 2.42. The molecule has 0 radical (unpaired) electrons. The van der Waals surface area contributed by atoms with Crippen molar-refractivity contribution >= 4 is 5.91 Å². The Morgan fingerprint density at radius 3 is 2.25 bits per heavy atom. The van der Waals surface area contributed by atoms with Crippen molar-refractivity contribution in [1.29, 1.82) is 0 Å². The third kappa shape index (κ3) is 5.08. The van der Waals surface area contributed by atoms with Crippen molar-refractivity contribution < 1.29 is 22.7 Å². The number of amides is 1. The number of ether oxygens (including phenoxy) is 1. The van der Waals surface area contributed by atoms with Crippen molar-refractivity contribution in [2.45, 2.75) is 25.6 Å². The fraction of sp³-hybridized carbons (Fsp3) is 0.462. The van der Waals surface area contributed by atoms with Gasteiger partial charge in [0.1, 0.15) is 12.4 Å². The predicted molar refractivity (Wildman–Crippen MR) is 68.2 cm³/mol. The van der Waals surface area contributed by atoms with Crippen LogP contribution in [0.2, 0.25) is 0 Å². The number of nitrogens with one attached hydrogen (secondary N) is 1. The first-order valence-electron chi connectivity index (χ1n) is 5.98. The number of rotatable bonds is 5. The van der Waals surface area contributed by atoms with Crippen LogP contribution in [0.25, 0.3) is 0 Å². The SMILES string of the molecule is CC(C)(N)C(=O)NCCOc1ccc(C(F)(F)F)cc1. The highest BCUT2D eigenvalue weighted by molar-refractivity contribution is 5.84. The average Bonchev–Trinajstić information content (AvgIpc) is 2.32. The molecule has 1 aromatic rings. The first-order valence-corrected chi connectivity index (χ1v) is 5.98. The Labute approximate surface area is 115 Å². The summed E-state index contributed by atoms with van der Waals surface area (Å²) in [6.07, 6.45) is -4.36. The lowest BCUT2D eigenvalue weighted by atomic mass is 10.1. The van der Waals surface area contributed by atoms with Gasteiger partial charge >= 0.3 is 6.18 Å². The van der Waals surface area contributed by atoms with E-state index in [1.807, 2.05) is 0 Å². The summed E-state index contributed by atoms with van der Waals surface area (Å²) in [7, 11) is 0. The minimum atomic E-state index is -4.36. The molecule has 0 unspecified atom stereocenters. The van der Waals surface area contributed by atoms with Gasteiger partial charge in [-0.2, -0.15) is 13.2 Å². The second-order valence-electron chi connectivity index (χ2n) is 4.85. The maximum atomic E-state index is 12.3. The second kappa shape index (κ2) is 6.13. The molecule has 0 saturated heterocycles. The van der Waals surface area contributed by atoms with Crippen LogP contribution in [0.5, 0.6) is 5.75 Å². The van der Waals surface area contributed by atoms with Gasteiger partial charge in [0.2, 0.25) is 5.91 Å². The molecule has 0 atom stereocenters. The van der Waals surface area contributed by atoms with Crippen LogP contribution in [-0.2, 0) is 11.0 Å².